The number of nitrogens with one attached hydrogen (secondary N) is 1. The molecule has 36 heavy (non-hydrogen) atoms. The Hall–Kier alpha value is -3.99. The number of unbranched alkanes of at least 4 members (excludes halogenated alkanes) is 1. The molecule has 5 heteroatoms. The topological polar surface area (TPSA) is 52.6 Å². The molecule has 1 heterocycles. The zero-order valence-corrected chi connectivity index (χ0v) is 21.3. The molecule has 0 spiro atoms. The van der Waals surface area contributed by atoms with Crippen molar-refractivity contribution >= 4 is 11.4 Å². The van der Waals surface area contributed by atoms with E-state index in [0.29, 0.717) is 13.2 Å². The first kappa shape index (κ1) is 25.1. The van der Waals surface area contributed by atoms with Crippen LogP contribution in [0.3, 0.4) is 0 Å². The summed E-state index contributed by atoms with van der Waals surface area (Å²) in [5, 5.41) is 3.46. The Morgan fingerprint density at radius 3 is 2.06 bits per heavy atom. The Labute approximate surface area is 214 Å². The third-order valence-corrected chi connectivity index (χ3v) is 5.73. The molecule has 0 saturated carbocycles. The lowest BCUT2D eigenvalue weighted by atomic mass is 10.0. The summed E-state index contributed by atoms with van der Waals surface area (Å²) in [5.74, 6) is 2.47. The van der Waals surface area contributed by atoms with E-state index in [4.69, 9.17) is 14.2 Å². The van der Waals surface area contributed by atoms with Crippen molar-refractivity contribution in [3.05, 3.63) is 85.1 Å². The molecule has 5 nitrogen and oxygen atoms in total. The molecule has 0 bridgehead atoms. The van der Waals surface area contributed by atoms with Crippen LogP contribution in [0.2, 0.25) is 0 Å². The summed E-state index contributed by atoms with van der Waals surface area (Å²) in [6.45, 7) is 8.06. The summed E-state index contributed by atoms with van der Waals surface area (Å²) >= 11 is 0. The summed E-state index contributed by atoms with van der Waals surface area (Å²) in [4.78, 5) is 4.61. The van der Waals surface area contributed by atoms with Crippen LogP contribution < -0.4 is 19.5 Å². The Morgan fingerprint density at radius 2 is 1.36 bits per heavy atom. The zero-order valence-electron chi connectivity index (χ0n) is 21.3. The van der Waals surface area contributed by atoms with E-state index in [1.54, 1.807) is 0 Å². The van der Waals surface area contributed by atoms with Gasteiger partial charge in [0.1, 0.15) is 17.2 Å². The SMILES string of the molecule is CCCCOc1ccc(Nc2ccc(-c3ccnc(-c4ccc(OCC)cc4OCC)c3)cc2)cc1. The van der Waals surface area contributed by atoms with Crippen molar-refractivity contribution in [3.63, 3.8) is 0 Å². The van der Waals surface area contributed by atoms with Crippen molar-refractivity contribution in [3.8, 4) is 39.6 Å². The molecule has 0 fully saturated rings. The fraction of sp³-hybridized carbons (Fsp3) is 0.258. The normalized spacial score (nSPS) is 10.6. The highest BCUT2D eigenvalue weighted by Crippen LogP contribution is 2.34. The number of hydrogen-bond acceptors (Lipinski definition) is 5. The first-order valence-corrected chi connectivity index (χ1v) is 12.7. The molecule has 3 aromatic carbocycles. The highest BCUT2D eigenvalue weighted by atomic mass is 16.5. The number of benzene rings is 3. The summed E-state index contributed by atoms with van der Waals surface area (Å²) < 4.78 is 17.3. The Bertz CT molecular complexity index is 1240. The van der Waals surface area contributed by atoms with Crippen LogP contribution in [-0.4, -0.2) is 24.8 Å². The summed E-state index contributed by atoms with van der Waals surface area (Å²) in [6, 6.07) is 26.5. The molecular formula is C31H34N2O3. The molecule has 0 aliphatic carbocycles. The van der Waals surface area contributed by atoms with Gasteiger partial charge in [-0.3, -0.25) is 4.98 Å². The quantitative estimate of drug-likeness (QED) is 0.207. The Morgan fingerprint density at radius 1 is 0.667 bits per heavy atom. The fourth-order valence-corrected chi connectivity index (χ4v) is 3.88. The van der Waals surface area contributed by atoms with Crippen LogP contribution in [0.1, 0.15) is 33.6 Å². The predicted octanol–water partition coefficient (Wildman–Crippen LogP) is 8.14. The molecule has 1 N–H and O–H groups in total. The number of hydrogen-bond donors (Lipinski definition) is 1. The number of aromatic nitrogens is 1. The van der Waals surface area contributed by atoms with Crippen molar-refractivity contribution in [2.45, 2.75) is 33.6 Å². The third-order valence-electron chi connectivity index (χ3n) is 5.73. The van der Waals surface area contributed by atoms with Crippen LogP contribution in [0, 0.1) is 0 Å². The van der Waals surface area contributed by atoms with Crippen LogP contribution in [0.5, 0.6) is 17.2 Å². The molecule has 0 amide bonds. The number of pyridine rings is 1. The van der Waals surface area contributed by atoms with Gasteiger partial charge in [-0.15, -0.1) is 0 Å². The van der Waals surface area contributed by atoms with E-state index in [1.165, 1.54) is 0 Å². The summed E-state index contributed by atoms with van der Waals surface area (Å²) in [6.07, 6.45) is 4.04. The third kappa shape index (κ3) is 6.57. The molecule has 0 unspecified atom stereocenters. The first-order chi connectivity index (χ1) is 17.7. The molecule has 0 aliphatic heterocycles. The van der Waals surface area contributed by atoms with Crippen LogP contribution in [0.25, 0.3) is 22.4 Å². The monoisotopic (exact) mass is 482 g/mol. The van der Waals surface area contributed by atoms with Gasteiger partial charge in [-0.1, -0.05) is 25.5 Å². The lowest BCUT2D eigenvalue weighted by Gasteiger charge is -2.13. The molecule has 186 valence electrons. The van der Waals surface area contributed by atoms with Crippen LogP contribution in [-0.2, 0) is 0 Å². The van der Waals surface area contributed by atoms with Gasteiger partial charge in [-0.2, -0.15) is 0 Å². The van der Waals surface area contributed by atoms with Gasteiger partial charge in [-0.05, 0) is 92.1 Å². The summed E-state index contributed by atoms with van der Waals surface area (Å²) in [5.41, 5.74) is 6.07. The number of ether oxygens (including phenoxy) is 3. The second-order valence-electron chi connectivity index (χ2n) is 8.38. The van der Waals surface area contributed by atoms with Gasteiger partial charge in [0.05, 0.1) is 25.5 Å². The maximum Gasteiger partial charge on any atom is 0.132 e. The number of anilines is 2. The summed E-state index contributed by atoms with van der Waals surface area (Å²) in [7, 11) is 0. The van der Waals surface area contributed by atoms with Gasteiger partial charge in [0.25, 0.3) is 0 Å². The lowest BCUT2D eigenvalue weighted by Crippen LogP contribution is -1.98. The molecule has 0 aliphatic rings. The molecular weight excluding hydrogens is 448 g/mol. The minimum absolute atomic E-state index is 0.575. The number of nitrogens with zero attached hydrogens (tertiary/aromatic N) is 1. The predicted molar refractivity (Wildman–Crippen MR) is 148 cm³/mol. The van der Waals surface area contributed by atoms with Crippen molar-refractivity contribution in [1.29, 1.82) is 0 Å². The maximum absolute atomic E-state index is 5.89. The average molecular weight is 483 g/mol. The van der Waals surface area contributed by atoms with Crippen molar-refractivity contribution in [2.24, 2.45) is 0 Å². The van der Waals surface area contributed by atoms with Crippen molar-refractivity contribution in [2.75, 3.05) is 25.1 Å². The molecule has 1 aromatic heterocycles. The van der Waals surface area contributed by atoms with Crippen molar-refractivity contribution < 1.29 is 14.2 Å². The lowest BCUT2D eigenvalue weighted by molar-refractivity contribution is 0.309. The molecule has 4 rings (SSSR count). The van der Waals surface area contributed by atoms with Crippen molar-refractivity contribution in [1.82, 2.24) is 4.98 Å². The number of rotatable bonds is 12. The second-order valence-corrected chi connectivity index (χ2v) is 8.38. The first-order valence-electron chi connectivity index (χ1n) is 12.7. The zero-order chi connectivity index (χ0) is 25.2. The molecule has 0 atom stereocenters. The van der Waals surface area contributed by atoms with Gasteiger partial charge in [0.15, 0.2) is 0 Å². The highest BCUT2D eigenvalue weighted by molar-refractivity contribution is 5.75. The van der Waals surface area contributed by atoms with Gasteiger partial charge < -0.3 is 19.5 Å². The van der Waals surface area contributed by atoms with Crippen LogP contribution in [0.4, 0.5) is 11.4 Å². The molecule has 0 radical (unpaired) electrons. The Balaban J connectivity index is 1.48. The Kier molecular flexibility index (Phi) is 8.82. The van der Waals surface area contributed by atoms with E-state index in [9.17, 15) is 0 Å². The van der Waals surface area contributed by atoms with Crippen LogP contribution >= 0.6 is 0 Å². The van der Waals surface area contributed by atoms with E-state index in [2.05, 4.69) is 47.6 Å². The van der Waals surface area contributed by atoms with Crippen LogP contribution in [0.15, 0.2) is 85.1 Å². The minimum Gasteiger partial charge on any atom is -0.494 e. The molecule has 0 saturated heterocycles. The maximum atomic E-state index is 5.89. The van der Waals surface area contributed by atoms with E-state index >= 15 is 0 Å². The van der Waals surface area contributed by atoms with Gasteiger partial charge in [0.2, 0.25) is 0 Å². The standard InChI is InChI=1S/C31H34N2O3/c1-4-7-20-36-27-14-12-26(13-15-27)33-25-10-8-23(9-11-25)24-18-19-32-30(21-24)29-17-16-28(34-5-2)22-31(29)35-6-3/h8-19,21-22,33H,4-7,20H2,1-3H3. The van der Waals surface area contributed by atoms with E-state index in [1.807, 2.05) is 68.6 Å². The average Bonchev–Trinajstić information content (AvgIpc) is 2.91. The van der Waals surface area contributed by atoms with E-state index in [0.717, 1.165) is 70.5 Å². The largest absolute Gasteiger partial charge is 0.494 e. The smallest absolute Gasteiger partial charge is 0.132 e. The van der Waals surface area contributed by atoms with E-state index in [-0.39, 0.29) is 0 Å². The second kappa shape index (κ2) is 12.6. The van der Waals surface area contributed by atoms with Gasteiger partial charge in [0, 0.05) is 29.2 Å². The van der Waals surface area contributed by atoms with E-state index < -0.39 is 0 Å². The van der Waals surface area contributed by atoms with Gasteiger partial charge in [-0.25, -0.2) is 0 Å². The molecule has 4 aromatic rings. The minimum atomic E-state index is 0.575. The fourth-order valence-electron chi connectivity index (χ4n) is 3.88. The van der Waals surface area contributed by atoms with Gasteiger partial charge >= 0.3 is 0 Å². The highest BCUT2D eigenvalue weighted by Gasteiger charge is 2.11.